The highest BCUT2D eigenvalue weighted by Gasteiger charge is 2.21. The van der Waals surface area contributed by atoms with E-state index >= 15 is 0 Å². The summed E-state index contributed by atoms with van der Waals surface area (Å²) in [5, 5.41) is 0. The van der Waals surface area contributed by atoms with Crippen molar-refractivity contribution < 1.29 is 0 Å². The van der Waals surface area contributed by atoms with Crippen molar-refractivity contribution in [3.63, 3.8) is 0 Å². The Labute approximate surface area is 81.5 Å². The fraction of sp³-hybridized carbons (Fsp3) is 1.00. The lowest BCUT2D eigenvalue weighted by Gasteiger charge is -2.32. The van der Waals surface area contributed by atoms with Crippen molar-refractivity contribution in [1.29, 1.82) is 0 Å². The van der Waals surface area contributed by atoms with Crippen molar-refractivity contribution >= 4 is 0 Å². The highest BCUT2D eigenvalue weighted by molar-refractivity contribution is 4.78. The average Bonchev–Trinajstić information content (AvgIpc) is 2.57. The molecule has 2 rings (SSSR count). The quantitative estimate of drug-likeness (QED) is 0.703. The summed E-state index contributed by atoms with van der Waals surface area (Å²) in [5.41, 5.74) is 5.96. The number of likely N-dealkylation sites (tertiary alicyclic amines) is 1. The first-order valence-electron chi connectivity index (χ1n) is 5.82. The highest BCUT2D eigenvalue weighted by Crippen LogP contribution is 2.26. The molecule has 2 aliphatic rings. The predicted octanol–water partition coefficient (Wildman–Crippen LogP) is 1.60. The molecule has 76 valence electrons. The van der Waals surface area contributed by atoms with Gasteiger partial charge in [-0.25, -0.2) is 0 Å². The Morgan fingerprint density at radius 1 is 1.08 bits per heavy atom. The molecule has 2 N–H and O–H groups in total. The van der Waals surface area contributed by atoms with E-state index in [-0.39, 0.29) is 0 Å². The molecule has 2 heteroatoms. The molecule has 0 amide bonds. The lowest BCUT2D eigenvalue weighted by atomic mass is 10.0. The maximum absolute atomic E-state index is 5.96. The third-order valence-electron chi connectivity index (χ3n) is 3.53. The molecule has 1 aliphatic carbocycles. The van der Waals surface area contributed by atoms with Gasteiger partial charge in [0.1, 0.15) is 0 Å². The second-order valence-corrected chi connectivity index (χ2v) is 4.81. The van der Waals surface area contributed by atoms with Crippen molar-refractivity contribution in [2.45, 2.75) is 44.6 Å². The summed E-state index contributed by atoms with van der Waals surface area (Å²) in [6, 6.07) is 0.454. The van der Waals surface area contributed by atoms with Crippen LogP contribution in [-0.4, -0.2) is 30.6 Å². The van der Waals surface area contributed by atoms with Gasteiger partial charge >= 0.3 is 0 Å². The molecule has 0 bridgehead atoms. The van der Waals surface area contributed by atoms with E-state index in [1.54, 1.807) is 0 Å². The SMILES string of the molecule is N[C@@H]1CCCN(CC2CCCC2)C1. The van der Waals surface area contributed by atoms with E-state index in [1.807, 2.05) is 0 Å². The third-order valence-corrected chi connectivity index (χ3v) is 3.53. The zero-order valence-electron chi connectivity index (χ0n) is 8.54. The molecular weight excluding hydrogens is 160 g/mol. The molecule has 1 heterocycles. The second kappa shape index (κ2) is 4.43. The molecule has 0 unspecified atom stereocenters. The first-order valence-corrected chi connectivity index (χ1v) is 5.82. The van der Waals surface area contributed by atoms with Crippen molar-refractivity contribution in [3.8, 4) is 0 Å². The number of hydrogen-bond donors (Lipinski definition) is 1. The van der Waals surface area contributed by atoms with E-state index in [2.05, 4.69) is 4.90 Å². The zero-order valence-corrected chi connectivity index (χ0v) is 8.54. The van der Waals surface area contributed by atoms with Gasteiger partial charge in [0, 0.05) is 19.1 Å². The summed E-state index contributed by atoms with van der Waals surface area (Å²) >= 11 is 0. The first kappa shape index (κ1) is 9.47. The molecule has 1 saturated carbocycles. The summed E-state index contributed by atoms with van der Waals surface area (Å²) in [6.07, 6.45) is 8.40. The van der Waals surface area contributed by atoms with Crippen molar-refractivity contribution in [2.75, 3.05) is 19.6 Å². The summed E-state index contributed by atoms with van der Waals surface area (Å²) in [5.74, 6) is 0.991. The minimum absolute atomic E-state index is 0.454. The smallest absolute Gasteiger partial charge is 0.0168 e. The van der Waals surface area contributed by atoms with E-state index in [0.29, 0.717) is 6.04 Å². The molecule has 0 aromatic heterocycles. The first-order chi connectivity index (χ1) is 6.34. The van der Waals surface area contributed by atoms with Gasteiger partial charge in [-0.3, -0.25) is 0 Å². The Morgan fingerprint density at radius 2 is 1.85 bits per heavy atom. The predicted molar refractivity (Wildman–Crippen MR) is 55.6 cm³/mol. The Bertz CT molecular complexity index is 152. The Kier molecular flexibility index (Phi) is 3.23. The molecule has 0 aromatic carbocycles. The van der Waals surface area contributed by atoms with Crippen LogP contribution in [0.3, 0.4) is 0 Å². The second-order valence-electron chi connectivity index (χ2n) is 4.81. The summed E-state index contributed by atoms with van der Waals surface area (Å²) < 4.78 is 0. The van der Waals surface area contributed by atoms with E-state index in [9.17, 15) is 0 Å². The van der Waals surface area contributed by atoms with Gasteiger partial charge in [-0.1, -0.05) is 12.8 Å². The molecule has 13 heavy (non-hydrogen) atoms. The molecule has 1 aliphatic heterocycles. The average molecular weight is 182 g/mol. The van der Waals surface area contributed by atoms with Crippen LogP contribution in [0.5, 0.6) is 0 Å². The number of nitrogens with zero attached hydrogens (tertiary/aromatic N) is 1. The van der Waals surface area contributed by atoms with Crippen LogP contribution in [-0.2, 0) is 0 Å². The molecule has 2 nitrogen and oxygen atoms in total. The van der Waals surface area contributed by atoms with Crippen molar-refractivity contribution in [2.24, 2.45) is 11.7 Å². The normalized spacial score (nSPS) is 32.5. The van der Waals surface area contributed by atoms with Gasteiger partial charge in [0.05, 0.1) is 0 Å². The van der Waals surface area contributed by atoms with Crippen molar-refractivity contribution in [3.05, 3.63) is 0 Å². The molecular formula is C11H22N2. The minimum Gasteiger partial charge on any atom is -0.327 e. The molecule has 1 atom stereocenters. The summed E-state index contributed by atoms with van der Waals surface area (Å²) in [6.45, 7) is 3.77. The molecule has 2 fully saturated rings. The van der Waals surface area contributed by atoms with Gasteiger partial charge in [-0.2, -0.15) is 0 Å². The van der Waals surface area contributed by atoms with Crippen LogP contribution >= 0.6 is 0 Å². The number of hydrogen-bond acceptors (Lipinski definition) is 2. The van der Waals surface area contributed by atoms with E-state index in [1.165, 1.54) is 51.6 Å². The van der Waals surface area contributed by atoms with Crippen LogP contribution < -0.4 is 5.73 Å². The highest BCUT2D eigenvalue weighted by atomic mass is 15.1. The van der Waals surface area contributed by atoms with E-state index in [4.69, 9.17) is 5.73 Å². The zero-order chi connectivity index (χ0) is 9.10. The molecule has 1 saturated heterocycles. The summed E-state index contributed by atoms with van der Waals surface area (Å²) in [7, 11) is 0. The monoisotopic (exact) mass is 182 g/mol. The van der Waals surface area contributed by atoms with Crippen LogP contribution in [0.4, 0.5) is 0 Å². The molecule has 0 spiro atoms. The van der Waals surface area contributed by atoms with E-state index < -0.39 is 0 Å². The van der Waals surface area contributed by atoms with Crippen LogP contribution in [0.1, 0.15) is 38.5 Å². The van der Waals surface area contributed by atoms with Crippen molar-refractivity contribution in [1.82, 2.24) is 4.90 Å². The van der Waals surface area contributed by atoms with Crippen LogP contribution in [0.25, 0.3) is 0 Å². The van der Waals surface area contributed by atoms with E-state index in [0.717, 1.165) is 12.5 Å². The maximum Gasteiger partial charge on any atom is 0.0168 e. The Balaban J connectivity index is 1.73. The third kappa shape index (κ3) is 2.68. The Morgan fingerprint density at radius 3 is 2.54 bits per heavy atom. The van der Waals surface area contributed by atoms with Gasteiger partial charge in [-0.05, 0) is 38.1 Å². The number of nitrogens with two attached hydrogens (primary N) is 1. The lowest BCUT2D eigenvalue weighted by molar-refractivity contribution is 0.181. The van der Waals surface area contributed by atoms with Gasteiger partial charge in [-0.15, -0.1) is 0 Å². The van der Waals surface area contributed by atoms with Crippen LogP contribution in [0, 0.1) is 5.92 Å². The topological polar surface area (TPSA) is 29.3 Å². The summed E-state index contributed by atoms with van der Waals surface area (Å²) in [4.78, 5) is 2.59. The van der Waals surface area contributed by atoms with Gasteiger partial charge in [0.15, 0.2) is 0 Å². The largest absolute Gasteiger partial charge is 0.327 e. The number of rotatable bonds is 2. The number of piperidine rings is 1. The van der Waals surface area contributed by atoms with Crippen LogP contribution in [0.2, 0.25) is 0 Å². The minimum atomic E-state index is 0.454. The molecule has 0 aromatic rings. The standard InChI is InChI=1S/C11H22N2/c12-11-6-3-7-13(9-11)8-10-4-1-2-5-10/h10-11H,1-9,12H2/t11-/m1/s1. The van der Waals surface area contributed by atoms with Gasteiger partial charge in [0.25, 0.3) is 0 Å². The van der Waals surface area contributed by atoms with Gasteiger partial charge < -0.3 is 10.6 Å². The van der Waals surface area contributed by atoms with Gasteiger partial charge in [0.2, 0.25) is 0 Å². The fourth-order valence-corrected chi connectivity index (χ4v) is 2.82. The fourth-order valence-electron chi connectivity index (χ4n) is 2.82. The lowest BCUT2D eigenvalue weighted by Crippen LogP contribution is -2.44. The van der Waals surface area contributed by atoms with Crippen LogP contribution in [0.15, 0.2) is 0 Å². The maximum atomic E-state index is 5.96. The Hall–Kier alpha value is -0.0800. The molecule has 0 radical (unpaired) electrons.